The van der Waals surface area contributed by atoms with Crippen LogP contribution in [0.15, 0.2) is 18.2 Å². The molecule has 0 N–H and O–H groups in total. The van der Waals surface area contributed by atoms with Gasteiger partial charge in [-0.15, -0.1) is 0 Å². The van der Waals surface area contributed by atoms with Gasteiger partial charge in [0.2, 0.25) is 6.86 Å². The zero-order chi connectivity index (χ0) is 11.8. The van der Waals surface area contributed by atoms with Crippen LogP contribution in [0, 0.1) is 5.82 Å². The summed E-state index contributed by atoms with van der Waals surface area (Å²) >= 11 is 0. The van der Waals surface area contributed by atoms with E-state index in [2.05, 4.69) is 4.74 Å². The Morgan fingerprint density at radius 1 is 1.27 bits per heavy atom. The molecule has 1 aromatic carbocycles. The van der Waals surface area contributed by atoms with Gasteiger partial charge in [0.05, 0.1) is 0 Å². The lowest BCUT2D eigenvalue weighted by molar-refractivity contribution is 0.189. The topological polar surface area (TPSA) is 9.23 Å². The van der Waals surface area contributed by atoms with Crippen molar-refractivity contribution < 1.29 is 13.5 Å². The largest absolute Gasteiger partial charge is 0.463 e. The Morgan fingerprint density at radius 3 is 2.33 bits per heavy atom. The number of halogens is 2. The van der Waals surface area contributed by atoms with Gasteiger partial charge in [-0.2, -0.15) is 0 Å². The third-order valence-corrected chi connectivity index (χ3v) is 1.81. The van der Waals surface area contributed by atoms with Gasteiger partial charge in [0.1, 0.15) is 11.6 Å². The average molecular weight is 216 g/mol. The second-order valence-electron chi connectivity index (χ2n) is 3.09. The van der Waals surface area contributed by atoms with Crippen LogP contribution < -0.4 is 4.74 Å². The summed E-state index contributed by atoms with van der Waals surface area (Å²) < 4.78 is 29.3. The number of rotatable bonds is 3. The molecule has 0 aliphatic rings. The molecule has 0 aliphatic heterocycles. The van der Waals surface area contributed by atoms with Crippen LogP contribution in [0.4, 0.5) is 8.78 Å². The smallest absolute Gasteiger partial charge is 0.228 e. The Kier molecular flexibility index (Phi) is 6.67. The molecule has 0 heterocycles. The molecule has 3 heteroatoms. The molecule has 0 fully saturated rings. The number of ether oxygens (including phenoxy) is 1. The SMILES string of the molecule is CC.CC(C)c1ccc(F)cc1OCF. The second-order valence-corrected chi connectivity index (χ2v) is 3.09. The van der Waals surface area contributed by atoms with Gasteiger partial charge in [-0.1, -0.05) is 33.8 Å². The fourth-order valence-corrected chi connectivity index (χ4v) is 1.17. The van der Waals surface area contributed by atoms with Gasteiger partial charge in [-0.25, -0.2) is 8.78 Å². The van der Waals surface area contributed by atoms with Gasteiger partial charge >= 0.3 is 0 Å². The van der Waals surface area contributed by atoms with Crippen LogP contribution in [0.25, 0.3) is 0 Å². The number of hydrogen-bond acceptors (Lipinski definition) is 1. The third-order valence-electron chi connectivity index (χ3n) is 1.81. The molecule has 0 aromatic heterocycles. The van der Waals surface area contributed by atoms with E-state index >= 15 is 0 Å². The summed E-state index contributed by atoms with van der Waals surface area (Å²) in [6, 6.07) is 4.17. The first-order valence-electron chi connectivity index (χ1n) is 5.13. The van der Waals surface area contributed by atoms with Crippen molar-refractivity contribution in [2.45, 2.75) is 33.6 Å². The minimum atomic E-state index is -0.927. The van der Waals surface area contributed by atoms with Crippen molar-refractivity contribution in [3.63, 3.8) is 0 Å². The van der Waals surface area contributed by atoms with Crippen LogP contribution in [0.2, 0.25) is 0 Å². The first kappa shape index (κ1) is 13.9. The molecule has 86 valence electrons. The van der Waals surface area contributed by atoms with Crippen LogP contribution in [-0.4, -0.2) is 6.86 Å². The van der Waals surface area contributed by atoms with Crippen molar-refractivity contribution in [3.05, 3.63) is 29.6 Å². The Labute approximate surface area is 90.1 Å². The highest BCUT2D eigenvalue weighted by molar-refractivity contribution is 5.36. The maximum Gasteiger partial charge on any atom is 0.228 e. The van der Waals surface area contributed by atoms with E-state index in [0.29, 0.717) is 0 Å². The predicted molar refractivity (Wildman–Crippen MR) is 58.4 cm³/mol. The molecule has 1 rings (SSSR count). The van der Waals surface area contributed by atoms with Gasteiger partial charge < -0.3 is 4.74 Å². The Morgan fingerprint density at radius 2 is 1.87 bits per heavy atom. The first-order valence-corrected chi connectivity index (χ1v) is 5.13. The molecule has 15 heavy (non-hydrogen) atoms. The van der Waals surface area contributed by atoms with E-state index in [4.69, 9.17) is 0 Å². The number of alkyl halides is 1. The summed E-state index contributed by atoms with van der Waals surface area (Å²) in [6.45, 7) is 6.96. The predicted octanol–water partition coefficient (Wildman–Crippen LogP) is 4.28. The van der Waals surface area contributed by atoms with E-state index in [1.165, 1.54) is 12.1 Å². The molecule has 0 bridgehead atoms. The fourth-order valence-electron chi connectivity index (χ4n) is 1.17. The van der Waals surface area contributed by atoms with Crippen LogP contribution in [0.3, 0.4) is 0 Å². The highest BCUT2D eigenvalue weighted by Crippen LogP contribution is 2.27. The average Bonchev–Trinajstić information content (AvgIpc) is 2.21. The van der Waals surface area contributed by atoms with E-state index in [1.807, 2.05) is 27.7 Å². The lowest BCUT2D eigenvalue weighted by Crippen LogP contribution is -1.98. The maximum atomic E-state index is 12.7. The van der Waals surface area contributed by atoms with Crippen LogP contribution in [0.5, 0.6) is 5.75 Å². The van der Waals surface area contributed by atoms with Crippen LogP contribution >= 0.6 is 0 Å². The quantitative estimate of drug-likeness (QED) is 0.732. The second kappa shape index (κ2) is 7.21. The Balaban J connectivity index is 0.000000921. The van der Waals surface area contributed by atoms with Gasteiger partial charge in [0, 0.05) is 6.07 Å². The number of hydrogen-bond donors (Lipinski definition) is 0. The highest BCUT2D eigenvalue weighted by Gasteiger charge is 2.08. The third kappa shape index (κ3) is 4.28. The van der Waals surface area contributed by atoms with Gasteiger partial charge in [0.25, 0.3) is 0 Å². The van der Waals surface area contributed by atoms with Gasteiger partial charge in [0.15, 0.2) is 0 Å². The van der Waals surface area contributed by atoms with E-state index in [9.17, 15) is 8.78 Å². The van der Waals surface area contributed by atoms with Crippen molar-refractivity contribution >= 4 is 0 Å². The molecule has 0 atom stereocenters. The Hall–Kier alpha value is -1.12. The number of benzene rings is 1. The summed E-state index contributed by atoms with van der Waals surface area (Å²) in [5.74, 6) is 0.0764. The minimum Gasteiger partial charge on any atom is -0.463 e. The van der Waals surface area contributed by atoms with E-state index < -0.39 is 12.7 Å². The molecule has 0 aliphatic carbocycles. The molecular weight excluding hydrogens is 198 g/mol. The summed E-state index contributed by atoms with van der Waals surface area (Å²) in [4.78, 5) is 0. The Bertz CT molecular complexity index is 285. The van der Waals surface area contributed by atoms with Crippen molar-refractivity contribution in [2.24, 2.45) is 0 Å². The van der Waals surface area contributed by atoms with Crippen molar-refractivity contribution in [3.8, 4) is 5.75 Å². The van der Waals surface area contributed by atoms with Crippen molar-refractivity contribution in [2.75, 3.05) is 6.86 Å². The molecule has 0 unspecified atom stereocenters. The molecule has 0 saturated carbocycles. The molecule has 0 saturated heterocycles. The van der Waals surface area contributed by atoms with Gasteiger partial charge in [-0.3, -0.25) is 0 Å². The zero-order valence-corrected chi connectivity index (χ0v) is 9.68. The molecule has 1 nitrogen and oxygen atoms in total. The molecular formula is C12H18F2O. The molecule has 0 radical (unpaired) electrons. The summed E-state index contributed by atoms with van der Waals surface area (Å²) in [5, 5.41) is 0. The maximum absolute atomic E-state index is 12.7. The normalized spacial score (nSPS) is 9.53. The van der Waals surface area contributed by atoms with Crippen molar-refractivity contribution in [1.82, 2.24) is 0 Å². The summed E-state index contributed by atoms with van der Waals surface area (Å²) in [6.07, 6.45) is 0. The van der Waals surface area contributed by atoms with E-state index in [-0.39, 0.29) is 11.7 Å². The van der Waals surface area contributed by atoms with Gasteiger partial charge in [-0.05, 0) is 17.5 Å². The standard InChI is InChI=1S/C10H12F2O.C2H6/c1-7(2)9-4-3-8(12)5-10(9)13-6-11;1-2/h3-5,7H,6H2,1-2H3;1-2H3. The zero-order valence-electron chi connectivity index (χ0n) is 9.68. The van der Waals surface area contributed by atoms with Crippen LogP contribution in [0.1, 0.15) is 39.2 Å². The molecule has 0 spiro atoms. The van der Waals surface area contributed by atoms with E-state index in [0.717, 1.165) is 5.56 Å². The lowest BCUT2D eigenvalue weighted by Gasteiger charge is -2.11. The monoisotopic (exact) mass is 216 g/mol. The minimum absolute atomic E-state index is 0.196. The van der Waals surface area contributed by atoms with E-state index in [1.54, 1.807) is 6.07 Å². The fraction of sp³-hybridized carbons (Fsp3) is 0.500. The first-order chi connectivity index (χ1) is 7.15. The van der Waals surface area contributed by atoms with Crippen molar-refractivity contribution in [1.29, 1.82) is 0 Å². The van der Waals surface area contributed by atoms with Crippen LogP contribution in [-0.2, 0) is 0 Å². The molecule has 0 amide bonds. The highest BCUT2D eigenvalue weighted by atomic mass is 19.1. The molecule has 1 aromatic rings. The summed E-state index contributed by atoms with van der Waals surface area (Å²) in [7, 11) is 0. The summed E-state index contributed by atoms with van der Waals surface area (Å²) in [5.41, 5.74) is 0.819. The lowest BCUT2D eigenvalue weighted by atomic mass is 10.0.